The van der Waals surface area contributed by atoms with Crippen molar-refractivity contribution in [2.45, 2.75) is 10.8 Å². The Balaban J connectivity index is 1.64. The molecule has 170 valence electrons. The lowest BCUT2D eigenvalue weighted by atomic mass is 10.1. The number of amides is 2. The Morgan fingerprint density at radius 2 is 1.60 bits per heavy atom. The summed E-state index contributed by atoms with van der Waals surface area (Å²) in [5, 5.41) is 26.3. The van der Waals surface area contributed by atoms with E-state index in [0.29, 0.717) is 16.5 Å². The Morgan fingerprint density at radius 1 is 0.943 bits per heavy atom. The molecular formula is C26H15N4O4S-. The van der Waals surface area contributed by atoms with Gasteiger partial charge in [0.2, 0.25) is 0 Å². The lowest BCUT2D eigenvalue weighted by Crippen LogP contribution is -2.32. The quantitative estimate of drug-likeness (QED) is 0.308. The standard InChI is InChI=1S/C26H16N4O4S/c27-14-21-22(35-15-16-7-3-1-4-8-16)28-30(18-9-5-2-6-10-18)23(21)29-24(31)19-12-11-17(26(33)34)13-20(19)25(29)32/h1-13H,15H2,(H,33,34)/p-1. The zero-order valence-corrected chi connectivity index (χ0v) is 18.9. The fraction of sp³-hybridized carbons (Fsp3) is 0.0385. The van der Waals surface area contributed by atoms with E-state index < -0.39 is 17.8 Å². The van der Waals surface area contributed by atoms with Gasteiger partial charge in [-0.2, -0.15) is 10.4 Å². The van der Waals surface area contributed by atoms with E-state index in [1.807, 2.05) is 36.4 Å². The third kappa shape index (κ3) is 3.86. The Hall–Kier alpha value is -4.68. The first-order valence-electron chi connectivity index (χ1n) is 10.5. The number of aromatic nitrogens is 2. The number of hydrogen-bond donors (Lipinski definition) is 0. The molecule has 2 amide bonds. The smallest absolute Gasteiger partial charge is 0.267 e. The summed E-state index contributed by atoms with van der Waals surface area (Å²) in [6.45, 7) is 0. The van der Waals surface area contributed by atoms with Gasteiger partial charge >= 0.3 is 0 Å². The third-order valence-electron chi connectivity index (χ3n) is 5.49. The number of imide groups is 1. The van der Waals surface area contributed by atoms with E-state index in [9.17, 15) is 24.8 Å². The van der Waals surface area contributed by atoms with E-state index in [1.54, 1.807) is 24.3 Å². The minimum Gasteiger partial charge on any atom is -0.545 e. The average molecular weight is 479 g/mol. The molecule has 0 spiro atoms. The lowest BCUT2D eigenvalue weighted by Gasteiger charge is -2.16. The van der Waals surface area contributed by atoms with Crippen molar-refractivity contribution >= 4 is 35.4 Å². The first-order chi connectivity index (χ1) is 17.0. The first-order valence-corrected chi connectivity index (χ1v) is 11.5. The van der Waals surface area contributed by atoms with Crippen molar-refractivity contribution in [3.63, 3.8) is 0 Å². The van der Waals surface area contributed by atoms with Crippen LogP contribution in [0.2, 0.25) is 0 Å². The molecule has 3 aromatic carbocycles. The summed E-state index contributed by atoms with van der Waals surface area (Å²) >= 11 is 1.32. The molecule has 1 aliphatic heterocycles. The van der Waals surface area contributed by atoms with Crippen LogP contribution >= 0.6 is 11.8 Å². The maximum Gasteiger partial charge on any atom is 0.267 e. The summed E-state index contributed by atoms with van der Waals surface area (Å²) in [7, 11) is 0. The van der Waals surface area contributed by atoms with Crippen LogP contribution in [0.15, 0.2) is 83.9 Å². The topological polar surface area (TPSA) is 119 Å². The number of rotatable bonds is 6. The second kappa shape index (κ2) is 8.93. The van der Waals surface area contributed by atoms with Gasteiger partial charge < -0.3 is 9.90 Å². The molecule has 0 saturated carbocycles. The van der Waals surface area contributed by atoms with Gasteiger partial charge in [0.05, 0.1) is 22.8 Å². The van der Waals surface area contributed by atoms with Crippen molar-refractivity contribution in [3.8, 4) is 11.8 Å². The van der Waals surface area contributed by atoms with Crippen LogP contribution in [-0.4, -0.2) is 27.6 Å². The van der Waals surface area contributed by atoms with Gasteiger partial charge in [-0.15, -0.1) is 0 Å². The maximum absolute atomic E-state index is 13.4. The van der Waals surface area contributed by atoms with Crippen LogP contribution < -0.4 is 10.0 Å². The lowest BCUT2D eigenvalue weighted by molar-refractivity contribution is -0.255. The minimum atomic E-state index is -1.46. The summed E-state index contributed by atoms with van der Waals surface area (Å²) in [4.78, 5) is 38.8. The molecule has 4 aromatic rings. The molecule has 0 atom stereocenters. The van der Waals surface area contributed by atoms with Crippen molar-refractivity contribution in [1.82, 2.24) is 9.78 Å². The first kappa shape index (κ1) is 22.1. The van der Waals surface area contributed by atoms with Crippen molar-refractivity contribution in [3.05, 3.63) is 107 Å². The van der Waals surface area contributed by atoms with E-state index in [2.05, 4.69) is 11.2 Å². The Morgan fingerprint density at radius 3 is 2.26 bits per heavy atom. The highest BCUT2D eigenvalue weighted by molar-refractivity contribution is 7.98. The summed E-state index contributed by atoms with van der Waals surface area (Å²) in [5.74, 6) is -2.32. The Kier molecular flexibility index (Phi) is 5.65. The Bertz CT molecular complexity index is 1520. The average Bonchev–Trinajstić information content (AvgIpc) is 3.37. The molecule has 0 saturated heterocycles. The second-order valence-corrected chi connectivity index (χ2v) is 8.59. The highest BCUT2D eigenvalue weighted by Crippen LogP contribution is 2.38. The zero-order valence-electron chi connectivity index (χ0n) is 18.0. The monoisotopic (exact) mass is 479 g/mol. The van der Waals surface area contributed by atoms with Gasteiger partial charge in [0.1, 0.15) is 16.7 Å². The minimum absolute atomic E-state index is 0.00969. The van der Waals surface area contributed by atoms with Crippen LogP contribution in [0.5, 0.6) is 0 Å². The molecule has 0 N–H and O–H groups in total. The molecule has 0 fully saturated rings. The summed E-state index contributed by atoms with van der Waals surface area (Å²) in [5.41, 5.74) is 1.40. The number of thioether (sulfide) groups is 1. The van der Waals surface area contributed by atoms with Gasteiger partial charge in [0, 0.05) is 5.75 Å². The number of carbonyl (C=O) groups excluding carboxylic acids is 3. The number of carboxylic acids is 1. The Labute approximate surface area is 204 Å². The van der Waals surface area contributed by atoms with E-state index in [1.165, 1.54) is 28.6 Å². The molecule has 1 aromatic heterocycles. The van der Waals surface area contributed by atoms with Gasteiger partial charge in [0.15, 0.2) is 5.82 Å². The number of nitriles is 1. The molecule has 9 heteroatoms. The molecule has 8 nitrogen and oxygen atoms in total. The highest BCUT2D eigenvalue weighted by Gasteiger charge is 2.41. The van der Waals surface area contributed by atoms with Crippen LogP contribution in [0.3, 0.4) is 0 Å². The maximum atomic E-state index is 13.4. The number of nitrogens with zero attached hydrogens (tertiary/aromatic N) is 4. The molecule has 2 heterocycles. The van der Waals surface area contributed by atoms with Crippen LogP contribution in [0.1, 0.15) is 42.2 Å². The van der Waals surface area contributed by atoms with Crippen molar-refractivity contribution in [2.75, 3.05) is 4.90 Å². The van der Waals surface area contributed by atoms with Crippen LogP contribution in [0.25, 0.3) is 5.69 Å². The van der Waals surface area contributed by atoms with Gasteiger partial charge in [-0.1, -0.05) is 66.4 Å². The molecule has 0 radical (unpaired) electrons. The number of carbonyl (C=O) groups is 3. The SMILES string of the molecule is N#Cc1c(SCc2ccccc2)nn(-c2ccccc2)c1N1C(=O)c2ccc(C(=O)[O-])cc2C1=O. The van der Waals surface area contributed by atoms with Crippen molar-refractivity contribution < 1.29 is 19.5 Å². The predicted molar refractivity (Wildman–Crippen MR) is 126 cm³/mol. The van der Waals surface area contributed by atoms with E-state index in [0.717, 1.165) is 16.5 Å². The fourth-order valence-electron chi connectivity index (χ4n) is 3.83. The van der Waals surface area contributed by atoms with Gasteiger partial charge in [0.25, 0.3) is 11.8 Å². The highest BCUT2D eigenvalue weighted by atomic mass is 32.2. The third-order valence-corrected chi connectivity index (χ3v) is 6.53. The largest absolute Gasteiger partial charge is 0.545 e. The zero-order chi connectivity index (χ0) is 24.5. The van der Waals surface area contributed by atoms with Gasteiger partial charge in [-0.25, -0.2) is 9.58 Å². The number of aromatic carboxylic acids is 1. The van der Waals surface area contributed by atoms with Crippen LogP contribution in [0.4, 0.5) is 5.82 Å². The number of anilines is 1. The second-order valence-electron chi connectivity index (χ2n) is 7.63. The van der Waals surface area contributed by atoms with Crippen LogP contribution in [-0.2, 0) is 5.75 Å². The number of para-hydroxylation sites is 1. The number of fused-ring (bicyclic) bond motifs is 1. The number of carboxylic acid groups (broad SMARTS) is 1. The van der Waals surface area contributed by atoms with Gasteiger partial charge in [-0.3, -0.25) is 9.59 Å². The molecule has 0 unspecified atom stereocenters. The van der Waals surface area contributed by atoms with Gasteiger partial charge in [-0.05, 0) is 35.4 Å². The molecule has 35 heavy (non-hydrogen) atoms. The molecule has 5 rings (SSSR count). The van der Waals surface area contributed by atoms with E-state index in [4.69, 9.17) is 0 Å². The van der Waals surface area contributed by atoms with Crippen molar-refractivity contribution in [1.29, 1.82) is 5.26 Å². The predicted octanol–water partition coefficient (Wildman–Crippen LogP) is 3.20. The van der Waals surface area contributed by atoms with E-state index >= 15 is 0 Å². The summed E-state index contributed by atoms with van der Waals surface area (Å²) in [6.07, 6.45) is 0. The van der Waals surface area contributed by atoms with Crippen LogP contribution in [0, 0.1) is 11.3 Å². The van der Waals surface area contributed by atoms with Crippen molar-refractivity contribution in [2.24, 2.45) is 0 Å². The summed E-state index contributed by atoms with van der Waals surface area (Å²) in [6, 6.07) is 24.2. The van der Waals surface area contributed by atoms with E-state index in [-0.39, 0.29) is 28.1 Å². The number of benzene rings is 3. The molecular weight excluding hydrogens is 464 g/mol. The molecule has 0 aliphatic carbocycles. The fourth-order valence-corrected chi connectivity index (χ4v) is 4.75. The molecule has 1 aliphatic rings. The summed E-state index contributed by atoms with van der Waals surface area (Å²) < 4.78 is 1.40. The normalized spacial score (nSPS) is 12.5. The molecule has 0 bridgehead atoms. The number of hydrogen-bond acceptors (Lipinski definition) is 7.